The van der Waals surface area contributed by atoms with Crippen molar-refractivity contribution in [2.45, 2.75) is 20.8 Å². The average Bonchev–Trinajstić information content (AvgIpc) is 2.52. The van der Waals surface area contributed by atoms with Gasteiger partial charge in [0.15, 0.2) is 0 Å². The number of nitrogens with zero attached hydrogens (tertiary/aromatic N) is 2. The van der Waals surface area contributed by atoms with Gasteiger partial charge >= 0.3 is 6.03 Å². The van der Waals surface area contributed by atoms with E-state index < -0.39 is 0 Å². The van der Waals surface area contributed by atoms with Gasteiger partial charge in [-0.3, -0.25) is 0 Å². The molecule has 6 heteroatoms. The average molecular weight is 321 g/mol. The van der Waals surface area contributed by atoms with Crippen molar-refractivity contribution in [3.05, 3.63) is 53.3 Å². The second-order valence-electron chi connectivity index (χ2n) is 5.77. The van der Waals surface area contributed by atoms with Crippen molar-refractivity contribution >= 4 is 34.1 Å². The van der Waals surface area contributed by atoms with Gasteiger partial charge in [-0.15, -0.1) is 0 Å². The van der Waals surface area contributed by atoms with Crippen molar-refractivity contribution in [3.8, 4) is 0 Å². The van der Waals surface area contributed by atoms with Gasteiger partial charge in [-0.2, -0.15) is 0 Å². The summed E-state index contributed by atoms with van der Waals surface area (Å²) in [4.78, 5) is 21.2. The molecule has 24 heavy (non-hydrogen) atoms. The molecule has 0 atom stereocenters. The van der Waals surface area contributed by atoms with Crippen molar-refractivity contribution < 1.29 is 4.79 Å². The highest BCUT2D eigenvalue weighted by atomic mass is 16.2. The van der Waals surface area contributed by atoms with Crippen molar-refractivity contribution in [2.24, 2.45) is 0 Å². The Morgan fingerprint density at radius 2 is 1.62 bits per heavy atom. The Balaban J connectivity index is 1.80. The third-order valence-electron chi connectivity index (χ3n) is 3.79. The predicted octanol–water partition coefficient (Wildman–Crippen LogP) is 3.78. The minimum atomic E-state index is -0.358. The molecule has 1 heterocycles. The van der Waals surface area contributed by atoms with Crippen LogP contribution in [0.1, 0.15) is 17.0 Å². The monoisotopic (exact) mass is 321 g/mol. The molecule has 0 aliphatic rings. The van der Waals surface area contributed by atoms with Crippen LogP contribution in [-0.4, -0.2) is 16.0 Å². The van der Waals surface area contributed by atoms with Gasteiger partial charge < -0.3 is 16.4 Å². The summed E-state index contributed by atoms with van der Waals surface area (Å²) in [5.41, 5.74) is 12.0. The van der Waals surface area contributed by atoms with Crippen LogP contribution in [0.4, 0.5) is 21.9 Å². The van der Waals surface area contributed by atoms with Crippen LogP contribution in [0, 0.1) is 20.8 Å². The summed E-state index contributed by atoms with van der Waals surface area (Å²) >= 11 is 0. The number of benzene rings is 2. The first-order valence-corrected chi connectivity index (χ1v) is 7.61. The molecule has 0 radical (unpaired) electrons. The number of hydrogen-bond acceptors (Lipinski definition) is 4. The van der Waals surface area contributed by atoms with Crippen LogP contribution >= 0.6 is 0 Å². The highest BCUT2D eigenvalue weighted by Crippen LogP contribution is 2.21. The van der Waals surface area contributed by atoms with E-state index >= 15 is 0 Å². The summed E-state index contributed by atoms with van der Waals surface area (Å²) in [5.74, 6) is 0. The number of anilines is 3. The molecule has 3 aromatic rings. The molecule has 2 amide bonds. The van der Waals surface area contributed by atoms with E-state index in [0.717, 1.165) is 28.0 Å². The lowest BCUT2D eigenvalue weighted by Crippen LogP contribution is -2.20. The van der Waals surface area contributed by atoms with Gasteiger partial charge in [0.25, 0.3) is 0 Å². The smallest absolute Gasteiger partial charge is 0.323 e. The molecular formula is C18H19N5O. The molecule has 0 saturated heterocycles. The Bertz CT molecular complexity index is 936. The van der Waals surface area contributed by atoms with Gasteiger partial charge in [-0.25, -0.2) is 14.8 Å². The minimum absolute atomic E-state index is 0.358. The van der Waals surface area contributed by atoms with E-state index in [2.05, 4.69) is 20.6 Å². The van der Waals surface area contributed by atoms with E-state index in [4.69, 9.17) is 5.73 Å². The molecule has 6 nitrogen and oxygen atoms in total. The molecule has 0 aliphatic carbocycles. The number of nitrogens with two attached hydrogens (primary N) is 1. The number of nitrogens with one attached hydrogen (secondary N) is 2. The van der Waals surface area contributed by atoms with Crippen molar-refractivity contribution in [3.63, 3.8) is 0 Å². The SMILES string of the molecule is Cc1ccc(N)c(NC(=O)Nc2ccc3nc(C)c(C)nc3c2)c1. The molecule has 0 saturated carbocycles. The highest BCUT2D eigenvalue weighted by Gasteiger charge is 2.08. The molecule has 122 valence electrons. The first kappa shape index (κ1) is 15.7. The van der Waals surface area contributed by atoms with Gasteiger partial charge in [-0.1, -0.05) is 6.07 Å². The van der Waals surface area contributed by atoms with Crippen molar-refractivity contribution in [1.29, 1.82) is 0 Å². The van der Waals surface area contributed by atoms with Crippen molar-refractivity contribution in [1.82, 2.24) is 9.97 Å². The molecule has 0 bridgehead atoms. The molecular weight excluding hydrogens is 302 g/mol. The fourth-order valence-corrected chi connectivity index (χ4v) is 2.37. The largest absolute Gasteiger partial charge is 0.397 e. The lowest BCUT2D eigenvalue weighted by Gasteiger charge is -2.11. The topological polar surface area (TPSA) is 92.9 Å². The Morgan fingerprint density at radius 3 is 2.38 bits per heavy atom. The molecule has 4 N–H and O–H groups in total. The maximum Gasteiger partial charge on any atom is 0.323 e. The molecule has 0 fully saturated rings. The van der Waals surface area contributed by atoms with Gasteiger partial charge in [0.05, 0.1) is 33.8 Å². The molecule has 0 aliphatic heterocycles. The number of rotatable bonds is 2. The first-order chi connectivity index (χ1) is 11.4. The minimum Gasteiger partial charge on any atom is -0.397 e. The van der Waals surface area contributed by atoms with Crippen LogP contribution in [0.5, 0.6) is 0 Å². The second-order valence-corrected chi connectivity index (χ2v) is 5.77. The maximum absolute atomic E-state index is 12.2. The standard InChI is InChI=1S/C18H19N5O/c1-10-4-6-14(19)16(8-10)23-18(24)22-13-5-7-15-17(9-13)21-12(3)11(2)20-15/h4-9H,19H2,1-3H3,(H2,22,23,24). The summed E-state index contributed by atoms with van der Waals surface area (Å²) in [6.45, 7) is 5.78. The number of aromatic nitrogens is 2. The maximum atomic E-state index is 12.2. The van der Waals surface area contributed by atoms with E-state index in [1.165, 1.54) is 0 Å². The van der Waals surface area contributed by atoms with Gasteiger partial charge in [0.2, 0.25) is 0 Å². The third kappa shape index (κ3) is 3.27. The number of amides is 2. The summed E-state index contributed by atoms with van der Waals surface area (Å²) in [7, 11) is 0. The molecule has 3 rings (SSSR count). The normalized spacial score (nSPS) is 10.6. The highest BCUT2D eigenvalue weighted by molar-refractivity contribution is 6.02. The lowest BCUT2D eigenvalue weighted by atomic mass is 10.2. The third-order valence-corrected chi connectivity index (χ3v) is 3.79. The Morgan fingerprint density at radius 1 is 0.917 bits per heavy atom. The van der Waals surface area contributed by atoms with E-state index in [9.17, 15) is 4.79 Å². The van der Waals surface area contributed by atoms with E-state index in [0.29, 0.717) is 17.1 Å². The summed E-state index contributed by atoms with van der Waals surface area (Å²) in [6, 6.07) is 10.6. The van der Waals surface area contributed by atoms with E-state index in [1.54, 1.807) is 18.2 Å². The van der Waals surface area contributed by atoms with E-state index in [1.807, 2.05) is 39.0 Å². The van der Waals surface area contributed by atoms with Gasteiger partial charge in [-0.05, 0) is 56.7 Å². The zero-order chi connectivity index (χ0) is 17.3. The Hall–Kier alpha value is -3.15. The molecule has 0 spiro atoms. The Labute approximate surface area is 140 Å². The number of nitrogen functional groups attached to an aromatic ring is 1. The van der Waals surface area contributed by atoms with Crippen LogP contribution in [0.15, 0.2) is 36.4 Å². The number of urea groups is 1. The quantitative estimate of drug-likeness (QED) is 0.626. The van der Waals surface area contributed by atoms with Crippen LogP contribution in [0.2, 0.25) is 0 Å². The Kier molecular flexibility index (Phi) is 4.04. The summed E-state index contributed by atoms with van der Waals surface area (Å²) in [5, 5.41) is 5.55. The van der Waals surface area contributed by atoms with Crippen LogP contribution in [0.25, 0.3) is 11.0 Å². The zero-order valence-corrected chi connectivity index (χ0v) is 13.8. The van der Waals surface area contributed by atoms with E-state index in [-0.39, 0.29) is 6.03 Å². The molecule has 1 aromatic heterocycles. The van der Waals surface area contributed by atoms with Gasteiger partial charge in [0, 0.05) is 5.69 Å². The fourth-order valence-electron chi connectivity index (χ4n) is 2.37. The number of aryl methyl sites for hydroxylation is 3. The predicted molar refractivity (Wildman–Crippen MR) is 97.2 cm³/mol. The second kappa shape index (κ2) is 6.16. The lowest BCUT2D eigenvalue weighted by molar-refractivity contribution is 0.262. The summed E-state index contributed by atoms with van der Waals surface area (Å²) in [6.07, 6.45) is 0. The van der Waals surface area contributed by atoms with Crippen LogP contribution in [-0.2, 0) is 0 Å². The molecule has 2 aromatic carbocycles. The number of carbonyl (C=O) groups excluding carboxylic acids is 1. The number of fused-ring (bicyclic) bond motifs is 1. The molecule has 0 unspecified atom stereocenters. The van der Waals surface area contributed by atoms with Crippen molar-refractivity contribution in [2.75, 3.05) is 16.4 Å². The zero-order valence-electron chi connectivity index (χ0n) is 13.8. The van der Waals surface area contributed by atoms with Crippen LogP contribution in [0.3, 0.4) is 0 Å². The fraction of sp³-hybridized carbons (Fsp3) is 0.167. The summed E-state index contributed by atoms with van der Waals surface area (Å²) < 4.78 is 0. The van der Waals surface area contributed by atoms with Crippen LogP contribution < -0.4 is 16.4 Å². The number of hydrogen-bond donors (Lipinski definition) is 3. The van der Waals surface area contributed by atoms with Gasteiger partial charge in [0.1, 0.15) is 0 Å². The number of carbonyl (C=O) groups is 1. The first-order valence-electron chi connectivity index (χ1n) is 7.61.